The van der Waals surface area contributed by atoms with Crippen LogP contribution in [0.4, 0.5) is 0 Å². The van der Waals surface area contributed by atoms with E-state index in [0.717, 1.165) is 42.7 Å². The molecule has 0 aromatic heterocycles. The molecule has 4 nitrogen and oxygen atoms in total. The summed E-state index contributed by atoms with van der Waals surface area (Å²) in [4.78, 5) is 15.4. The van der Waals surface area contributed by atoms with Crippen LogP contribution in [0.1, 0.15) is 47.0 Å². The van der Waals surface area contributed by atoms with Crippen molar-refractivity contribution in [2.75, 3.05) is 6.73 Å². The lowest BCUT2D eigenvalue weighted by Gasteiger charge is -2.10. The number of allylic oxidation sites excluding steroid dienone is 4. The highest BCUT2D eigenvalue weighted by Crippen LogP contribution is 2.08. The molecule has 0 bridgehead atoms. The molecule has 1 atom stereocenters. The topological polar surface area (TPSA) is 50.7 Å². The fourth-order valence-electron chi connectivity index (χ4n) is 2.01. The van der Waals surface area contributed by atoms with E-state index >= 15 is 0 Å². The van der Waals surface area contributed by atoms with E-state index in [2.05, 4.69) is 30.8 Å². The molecular weight excluding hydrogens is 275 g/mol. The van der Waals surface area contributed by atoms with Crippen molar-refractivity contribution in [2.24, 2.45) is 10.9 Å². The Morgan fingerprint density at radius 1 is 1.27 bits per heavy atom. The number of carbonyl (C=O) groups excluding carboxylic acids is 1. The summed E-state index contributed by atoms with van der Waals surface area (Å²) < 4.78 is 5.68. The molecule has 0 radical (unpaired) electrons. The molecule has 0 aliphatic carbocycles. The minimum absolute atomic E-state index is 0.0833. The zero-order valence-corrected chi connectivity index (χ0v) is 15.0. The summed E-state index contributed by atoms with van der Waals surface area (Å²) >= 11 is 0. The van der Waals surface area contributed by atoms with Crippen molar-refractivity contribution in [1.29, 1.82) is 0 Å². The molecule has 0 aliphatic rings. The monoisotopic (exact) mass is 306 g/mol. The Hall–Kier alpha value is -1.52. The van der Waals surface area contributed by atoms with E-state index in [4.69, 9.17) is 4.74 Å². The van der Waals surface area contributed by atoms with Gasteiger partial charge in [-0.3, -0.25) is 4.99 Å². The van der Waals surface area contributed by atoms with E-state index in [1.165, 1.54) is 0 Å². The van der Waals surface area contributed by atoms with Crippen LogP contribution in [0.3, 0.4) is 0 Å². The van der Waals surface area contributed by atoms with E-state index in [1.54, 1.807) is 0 Å². The second kappa shape index (κ2) is 12.1. The first-order valence-electron chi connectivity index (χ1n) is 8.17. The lowest BCUT2D eigenvalue weighted by atomic mass is 9.68. The van der Waals surface area contributed by atoms with E-state index in [-0.39, 0.29) is 12.6 Å². The largest absolute Gasteiger partial charge is 0.476 e. The second-order valence-corrected chi connectivity index (χ2v) is 5.74. The molecule has 0 aliphatic heterocycles. The van der Waals surface area contributed by atoms with Gasteiger partial charge in [-0.25, -0.2) is 0 Å². The number of ether oxygens (including phenoxy) is 1. The molecule has 0 amide bonds. The number of rotatable bonds is 11. The zero-order valence-electron chi connectivity index (χ0n) is 15.0. The summed E-state index contributed by atoms with van der Waals surface area (Å²) in [6.45, 7) is 12.9. The average Bonchev–Trinajstić information content (AvgIpc) is 2.47. The maximum Gasteiger partial charge on any atom is 0.244 e. The molecule has 5 heteroatoms. The van der Waals surface area contributed by atoms with Gasteiger partial charge in [0, 0.05) is 12.1 Å². The van der Waals surface area contributed by atoms with Crippen molar-refractivity contribution in [3.8, 4) is 0 Å². The molecule has 0 rings (SSSR count). The molecule has 124 valence electrons. The summed E-state index contributed by atoms with van der Waals surface area (Å²) in [7, 11) is 0. The summed E-state index contributed by atoms with van der Waals surface area (Å²) in [5.74, 6) is 0.805. The van der Waals surface area contributed by atoms with Gasteiger partial charge in [0.15, 0.2) is 6.73 Å². The second-order valence-electron chi connectivity index (χ2n) is 5.74. The predicted molar refractivity (Wildman–Crippen MR) is 96.3 cm³/mol. The van der Waals surface area contributed by atoms with Gasteiger partial charge in [-0.15, -0.1) is 0 Å². The van der Waals surface area contributed by atoms with Gasteiger partial charge in [0.05, 0.1) is 11.7 Å². The molecule has 0 aromatic rings. The van der Waals surface area contributed by atoms with Crippen LogP contribution in [-0.4, -0.2) is 25.6 Å². The first-order chi connectivity index (χ1) is 10.4. The van der Waals surface area contributed by atoms with Crippen LogP contribution >= 0.6 is 0 Å². The number of hydrogen-bond donors (Lipinski definition) is 1. The van der Waals surface area contributed by atoms with E-state index in [0.29, 0.717) is 6.85 Å². The highest BCUT2D eigenvalue weighted by atomic mass is 16.5. The van der Waals surface area contributed by atoms with Gasteiger partial charge >= 0.3 is 0 Å². The molecule has 0 saturated carbocycles. The highest BCUT2D eigenvalue weighted by Gasteiger charge is 2.09. The van der Waals surface area contributed by atoms with Crippen molar-refractivity contribution in [1.82, 2.24) is 5.23 Å². The SMILES string of the molecule is CCCC(C=O)C(C)=NCO/C(=C/C=C(\C)NB(C)C)CC. The van der Waals surface area contributed by atoms with Crippen LogP contribution in [0.25, 0.3) is 0 Å². The van der Waals surface area contributed by atoms with Gasteiger partial charge < -0.3 is 14.8 Å². The molecule has 0 heterocycles. The Morgan fingerprint density at radius 3 is 2.45 bits per heavy atom. The molecule has 22 heavy (non-hydrogen) atoms. The third-order valence-corrected chi connectivity index (χ3v) is 3.25. The fraction of sp³-hybridized carbons (Fsp3) is 0.647. The maximum atomic E-state index is 11.0. The van der Waals surface area contributed by atoms with Crippen molar-refractivity contribution >= 4 is 18.8 Å². The molecule has 0 fully saturated rings. The summed E-state index contributed by atoms with van der Waals surface area (Å²) in [5, 5.41) is 3.33. The molecule has 0 aromatic carbocycles. The summed E-state index contributed by atoms with van der Waals surface area (Å²) in [6, 6.07) is 0. The highest BCUT2D eigenvalue weighted by molar-refractivity contribution is 6.53. The Labute approximate surface area is 136 Å². The molecule has 0 spiro atoms. The molecular formula is C17H31BN2O2. The Balaban J connectivity index is 4.54. The normalized spacial score (nSPS) is 14.5. The van der Waals surface area contributed by atoms with Gasteiger partial charge in [0.2, 0.25) is 6.85 Å². The minimum Gasteiger partial charge on any atom is -0.476 e. The van der Waals surface area contributed by atoms with Crippen LogP contribution < -0.4 is 5.23 Å². The maximum absolute atomic E-state index is 11.0. The van der Waals surface area contributed by atoms with Gasteiger partial charge in [0.25, 0.3) is 0 Å². The number of carbonyl (C=O) groups is 1. The van der Waals surface area contributed by atoms with Crippen molar-refractivity contribution in [2.45, 2.75) is 60.6 Å². The Bertz CT molecular complexity index is 415. The first kappa shape index (κ1) is 20.5. The smallest absolute Gasteiger partial charge is 0.244 e. The Morgan fingerprint density at radius 2 is 1.95 bits per heavy atom. The predicted octanol–water partition coefficient (Wildman–Crippen LogP) is 4.08. The van der Waals surface area contributed by atoms with Crippen molar-refractivity contribution in [3.05, 3.63) is 23.6 Å². The van der Waals surface area contributed by atoms with Gasteiger partial charge in [-0.1, -0.05) is 33.9 Å². The third kappa shape index (κ3) is 9.43. The average molecular weight is 306 g/mol. The van der Waals surface area contributed by atoms with E-state index < -0.39 is 0 Å². The standard InChI is InChI=1S/C17H31BN2O2/c1-7-9-16(12-21)15(4)19-13-22-17(8-2)11-10-14(3)20-18(5)6/h10-12,16,20H,7-9,13H2,1-6H3/b14-10+,17-11+,19-15?. The van der Waals surface area contributed by atoms with Crippen molar-refractivity contribution < 1.29 is 9.53 Å². The van der Waals surface area contributed by atoms with E-state index in [1.807, 2.05) is 32.9 Å². The third-order valence-electron chi connectivity index (χ3n) is 3.25. The lowest BCUT2D eigenvalue weighted by Crippen LogP contribution is -2.24. The lowest BCUT2D eigenvalue weighted by molar-refractivity contribution is -0.109. The van der Waals surface area contributed by atoms with Gasteiger partial charge in [0.1, 0.15) is 6.29 Å². The number of aldehydes is 1. The zero-order chi connectivity index (χ0) is 17.0. The summed E-state index contributed by atoms with van der Waals surface area (Å²) in [6.07, 6.45) is 7.59. The summed E-state index contributed by atoms with van der Waals surface area (Å²) in [5.41, 5.74) is 1.95. The van der Waals surface area contributed by atoms with Gasteiger partial charge in [-0.2, -0.15) is 0 Å². The van der Waals surface area contributed by atoms with Crippen LogP contribution in [0.2, 0.25) is 13.6 Å². The van der Waals surface area contributed by atoms with Crippen LogP contribution in [0.15, 0.2) is 28.6 Å². The first-order valence-corrected chi connectivity index (χ1v) is 8.17. The number of nitrogens with one attached hydrogen (secondary N) is 1. The van der Waals surface area contributed by atoms with Crippen LogP contribution in [-0.2, 0) is 9.53 Å². The number of hydrogen-bond acceptors (Lipinski definition) is 4. The molecule has 1 N–H and O–H groups in total. The quantitative estimate of drug-likeness (QED) is 0.206. The van der Waals surface area contributed by atoms with Crippen LogP contribution in [0, 0.1) is 5.92 Å². The minimum atomic E-state index is -0.0833. The molecule has 0 saturated heterocycles. The van der Waals surface area contributed by atoms with Crippen LogP contribution in [0.5, 0.6) is 0 Å². The van der Waals surface area contributed by atoms with Gasteiger partial charge in [-0.05, 0) is 38.1 Å². The molecule has 1 unspecified atom stereocenters. The fourth-order valence-corrected chi connectivity index (χ4v) is 2.01. The van der Waals surface area contributed by atoms with E-state index in [9.17, 15) is 4.79 Å². The number of aliphatic imine (C=N–C) groups is 1. The van der Waals surface area contributed by atoms with Crippen molar-refractivity contribution in [3.63, 3.8) is 0 Å². The number of nitrogens with zero attached hydrogens (tertiary/aromatic N) is 1. The Kier molecular flexibility index (Phi) is 11.2.